The van der Waals surface area contributed by atoms with Crippen LogP contribution in [-0.4, -0.2) is 79.3 Å². The molecule has 0 bridgehead atoms. The topological polar surface area (TPSA) is 90.9 Å². The lowest BCUT2D eigenvalue weighted by atomic mass is 9.80. The second-order valence-corrected chi connectivity index (χ2v) is 7.00. The Kier molecular flexibility index (Phi) is 5.69. The molecule has 1 atom stereocenters. The second-order valence-electron chi connectivity index (χ2n) is 7.00. The number of amides is 3. The standard InChI is InChI=1S/C14H28N4O4/c1-13(2)9-14(21,7-8-15-13)11(19)16-12(20)18(4,5)17(3)10-22-6/h15,21H,7-10H2,1-6H3/p+1. The maximum Gasteiger partial charge on any atom is 0.442 e. The highest BCUT2D eigenvalue weighted by molar-refractivity contribution is 5.96. The maximum atomic E-state index is 12.4. The van der Waals surface area contributed by atoms with Crippen molar-refractivity contribution >= 4 is 11.9 Å². The second kappa shape index (κ2) is 6.59. The zero-order valence-electron chi connectivity index (χ0n) is 14.4. The van der Waals surface area contributed by atoms with Crippen LogP contribution in [0, 0.1) is 0 Å². The molecule has 1 aliphatic rings. The van der Waals surface area contributed by atoms with E-state index in [0.29, 0.717) is 6.54 Å². The summed E-state index contributed by atoms with van der Waals surface area (Å²) in [6, 6.07) is -0.519. The van der Waals surface area contributed by atoms with Gasteiger partial charge in [-0.1, -0.05) is 0 Å². The molecular formula is C14H29N4O4+. The van der Waals surface area contributed by atoms with Gasteiger partial charge in [0.25, 0.3) is 5.91 Å². The summed E-state index contributed by atoms with van der Waals surface area (Å²) in [5.74, 6) is -0.649. The molecule has 128 valence electrons. The fraction of sp³-hybridized carbons (Fsp3) is 0.857. The first-order chi connectivity index (χ1) is 9.94. The molecule has 0 aromatic carbocycles. The summed E-state index contributed by atoms with van der Waals surface area (Å²) in [5.41, 5.74) is -1.89. The number of imide groups is 1. The van der Waals surface area contributed by atoms with Crippen LogP contribution >= 0.6 is 0 Å². The van der Waals surface area contributed by atoms with Crippen LogP contribution in [0.25, 0.3) is 0 Å². The van der Waals surface area contributed by atoms with Crippen LogP contribution in [0.1, 0.15) is 26.7 Å². The zero-order chi connectivity index (χ0) is 17.2. The zero-order valence-corrected chi connectivity index (χ0v) is 14.4. The minimum absolute atomic E-state index is 0.211. The number of quaternary nitrogens is 1. The number of nitrogens with one attached hydrogen (secondary N) is 2. The molecule has 0 aromatic rings. The average Bonchev–Trinajstić information content (AvgIpc) is 2.37. The van der Waals surface area contributed by atoms with Crippen molar-refractivity contribution in [2.75, 3.05) is 41.5 Å². The van der Waals surface area contributed by atoms with E-state index in [9.17, 15) is 14.7 Å². The van der Waals surface area contributed by atoms with Gasteiger partial charge in [0, 0.05) is 26.1 Å². The summed E-state index contributed by atoms with van der Waals surface area (Å²) in [6.07, 6.45) is 0.525. The molecule has 0 spiro atoms. The van der Waals surface area contributed by atoms with E-state index in [1.54, 1.807) is 26.2 Å². The number of rotatable bonds is 4. The third kappa shape index (κ3) is 4.23. The van der Waals surface area contributed by atoms with E-state index in [0.717, 1.165) is 0 Å². The predicted octanol–water partition coefficient (Wildman–Crippen LogP) is -0.357. The average molecular weight is 317 g/mol. The van der Waals surface area contributed by atoms with Crippen LogP contribution in [0.15, 0.2) is 0 Å². The monoisotopic (exact) mass is 317 g/mol. The van der Waals surface area contributed by atoms with E-state index in [2.05, 4.69) is 10.6 Å². The molecule has 8 heteroatoms. The quantitative estimate of drug-likeness (QED) is 0.373. The molecule has 1 rings (SSSR count). The SMILES string of the molecule is COCN(C)[N+](C)(C)C(=O)NC(=O)C1(O)CCNC(C)(C)C1. The molecule has 22 heavy (non-hydrogen) atoms. The summed E-state index contributed by atoms with van der Waals surface area (Å²) >= 11 is 0. The Balaban J connectivity index is 2.77. The van der Waals surface area contributed by atoms with E-state index < -0.39 is 17.5 Å². The number of aliphatic hydroxyl groups is 1. The number of hydrogen-bond acceptors (Lipinski definition) is 6. The van der Waals surface area contributed by atoms with E-state index in [4.69, 9.17) is 4.74 Å². The number of piperidine rings is 1. The van der Waals surface area contributed by atoms with Crippen molar-refractivity contribution in [3.8, 4) is 0 Å². The Hall–Kier alpha value is -1.06. The summed E-state index contributed by atoms with van der Waals surface area (Å²) < 4.78 is 4.79. The molecule has 1 heterocycles. The van der Waals surface area contributed by atoms with Crippen molar-refractivity contribution in [3.63, 3.8) is 0 Å². The van der Waals surface area contributed by atoms with Crippen molar-refractivity contribution < 1.29 is 24.0 Å². The van der Waals surface area contributed by atoms with Crippen molar-refractivity contribution in [1.29, 1.82) is 0 Å². The van der Waals surface area contributed by atoms with Crippen LogP contribution in [0.5, 0.6) is 0 Å². The lowest BCUT2D eigenvalue weighted by Gasteiger charge is -2.41. The summed E-state index contributed by atoms with van der Waals surface area (Å²) in [4.78, 5) is 24.7. The van der Waals surface area contributed by atoms with Gasteiger partial charge < -0.3 is 15.2 Å². The molecule has 1 saturated heterocycles. The van der Waals surface area contributed by atoms with Gasteiger partial charge in [-0.25, -0.2) is 10.1 Å². The van der Waals surface area contributed by atoms with Crippen LogP contribution in [-0.2, 0) is 9.53 Å². The Bertz CT molecular complexity index is 439. The number of ether oxygens (including phenoxy) is 1. The Morgan fingerprint density at radius 3 is 2.50 bits per heavy atom. The number of carbonyl (C=O) groups is 2. The Morgan fingerprint density at radius 1 is 1.41 bits per heavy atom. The maximum absolute atomic E-state index is 12.4. The molecule has 0 aromatic heterocycles. The first-order valence-electron chi connectivity index (χ1n) is 7.32. The number of carbonyl (C=O) groups excluding carboxylic acids is 2. The predicted molar refractivity (Wildman–Crippen MR) is 81.6 cm³/mol. The van der Waals surface area contributed by atoms with Crippen molar-refractivity contribution in [3.05, 3.63) is 0 Å². The molecule has 0 radical (unpaired) electrons. The van der Waals surface area contributed by atoms with Gasteiger partial charge >= 0.3 is 6.03 Å². The molecule has 8 nitrogen and oxygen atoms in total. The first-order valence-corrected chi connectivity index (χ1v) is 7.32. The van der Waals surface area contributed by atoms with Crippen molar-refractivity contribution in [2.24, 2.45) is 0 Å². The van der Waals surface area contributed by atoms with Gasteiger partial charge in [0.15, 0.2) is 0 Å². The Morgan fingerprint density at radius 2 is 2.00 bits per heavy atom. The lowest BCUT2D eigenvalue weighted by Crippen LogP contribution is -2.66. The molecule has 1 aliphatic heterocycles. The van der Waals surface area contributed by atoms with Gasteiger partial charge in [-0.2, -0.15) is 4.59 Å². The molecule has 3 amide bonds. The smallest absolute Gasteiger partial charge is 0.380 e. The normalized spacial score (nSPS) is 25.1. The molecule has 1 fully saturated rings. The van der Waals surface area contributed by atoms with Gasteiger partial charge in [0.1, 0.15) is 12.3 Å². The van der Waals surface area contributed by atoms with E-state index in [1.165, 1.54) is 7.11 Å². The largest absolute Gasteiger partial charge is 0.442 e. The van der Waals surface area contributed by atoms with Gasteiger partial charge in [-0.3, -0.25) is 4.79 Å². The third-order valence-electron chi connectivity index (χ3n) is 4.19. The fourth-order valence-corrected chi connectivity index (χ4v) is 2.52. The van der Waals surface area contributed by atoms with Gasteiger partial charge in [0.05, 0.1) is 14.1 Å². The fourth-order valence-electron chi connectivity index (χ4n) is 2.52. The highest BCUT2D eigenvalue weighted by Gasteiger charge is 2.46. The van der Waals surface area contributed by atoms with Crippen LogP contribution in [0.2, 0.25) is 0 Å². The lowest BCUT2D eigenvalue weighted by molar-refractivity contribution is -0.932. The molecule has 0 saturated carbocycles. The van der Waals surface area contributed by atoms with Crippen LogP contribution in [0.4, 0.5) is 4.79 Å². The molecule has 3 N–H and O–H groups in total. The van der Waals surface area contributed by atoms with E-state index in [1.807, 2.05) is 13.8 Å². The number of methoxy groups -OCH3 is 1. The minimum atomic E-state index is -1.54. The molecule has 1 unspecified atom stereocenters. The van der Waals surface area contributed by atoms with Gasteiger partial charge in [-0.05, 0) is 26.8 Å². The van der Waals surface area contributed by atoms with Gasteiger partial charge in [-0.15, -0.1) is 5.01 Å². The minimum Gasteiger partial charge on any atom is -0.380 e. The van der Waals surface area contributed by atoms with Gasteiger partial charge in [0.2, 0.25) is 0 Å². The number of nitrogens with zero attached hydrogens (tertiary/aromatic N) is 2. The third-order valence-corrected chi connectivity index (χ3v) is 4.19. The number of hydrogen-bond donors (Lipinski definition) is 3. The summed E-state index contributed by atoms with van der Waals surface area (Å²) in [5, 5.41) is 17.8. The highest BCUT2D eigenvalue weighted by atomic mass is 16.5. The summed E-state index contributed by atoms with van der Waals surface area (Å²) in [7, 11) is 6.51. The molecule has 0 aliphatic carbocycles. The van der Waals surface area contributed by atoms with Crippen LogP contribution < -0.4 is 10.6 Å². The Labute approximate surface area is 132 Å². The van der Waals surface area contributed by atoms with E-state index >= 15 is 0 Å². The highest BCUT2D eigenvalue weighted by Crippen LogP contribution is 2.28. The van der Waals surface area contributed by atoms with Crippen molar-refractivity contribution in [2.45, 2.75) is 37.8 Å². The molecular weight excluding hydrogens is 288 g/mol. The van der Waals surface area contributed by atoms with E-state index in [-0.39, 0.29) is 29.7 Å². The van der Waals surface area contributed by atoms with Crippen molar-refractivity contribution in [1.82, 2.24) is 15.6 Å². The number of urea groups is 1. The van der Waals surface area contributed by atoms with Crippen LogP contribution in [0.3, 0.4) is 0 Å². The summed E-state index contributed by atoms with van der Waals surface area (Å²) in [6.45, 7) is 4.58. The first kappa shape index (κ1) is 19.0.